The molecular formula is C19H22N2O3. The van der Waals surface area contributed by atoms with Crippen LogP contribution >= 0.6 is 0 Å². The van der Waals surface area contributed by atoms with Crippen LogP contribution < -0.4 is 10.6 Å². The Bertz CT molecular complexity index is 661. The first kappa shape index (κ1) is 16.3. The van der Waals surface area contributed by atoms with E-state index in [4.69, 9.17) is 4.42 Å². The monoisotopic (exact) mass is 326 g/mol. The number of hydrogen-bond acceptors (Lipinski definition) is 3. The van der Waals surface area contributed by atoms with Gasteiger partial charge in [-0.2, -0.15) is 0 Å². The maximum Gasteiger partial charge on any atom is 0.287 e. The summed E-state index contributed by atoms with van der Waals surface area (Å²) in [4.78, 5) is 24.9. The van der Waals surface area contributed by atoms with Crippen molar-refractivity contribution in [1.82, 2.24) is 10.6 Å². The normalized spacial score (nSPS) is 15.8. The van der Waals surface area contributed by atoms with Crippen molar-refractivity contribution in [2.24, 2.45) is 0 Å². The highest BCUT2D eigenvalue weighted by molar-refractivity contribution is 5.95. The molecular weight excluding hydrogens is 304 g/mol. The van der Waals surface area contributed by atoms with Crippen molar-refractivity contribution in [2.45, 2.75) is 44.2 Å². The summed E-state index contributed by atoms with van der Waals surface area (Å²) in [6.45, 7) is 0. The zero-order chi connectivity index (χ0) is 16.8. The Hall–Kier alpha value is -2.56. The number of carbonyl (C=O) groups excluding carboxylic acids is 2. The first-order chi connectivity index (χ1) is 11.7. The van der Waals surface area contributed by atoms with Gasteiger partial charge in [-0.15, -0.1) is 0 Å². The van der Waals surface area contributed by atoms with Gasteiger partial charge in [0.2, 0.25) is 5.91 Å². The number of rotatable bonds is 6. The molecule has 0 spiro atoms. The lowest BCUT2D eigenvalue weighted by atomic mass is 10.0. The van der Waals surface area contributed by atoms with Crippen LogP contribution in [0.5, 0.6) is 0 Å². The summed E-state index contributed by atoms with van der Waals surface area (Å²) in [5.41, 5.74) is 1.00. The Kier molecular flexibility index (Phi) is 5.31. The zero-order valence-electron chi connectivity index (χ0n) is 13.5. The third-order valence-corrected chi connectivity index (χ3v) is 4.35. The van der Waals surface area contributed by atoms with E-state index in [9.17, 15) is 9.59 Å². The number of nitrogens with one attached hydrogen (secondary N) is 2. The molecule has 5 heteroatoms. The van der Waals surface area contributed by atoms with Gasteiger partial charge < -0.3 is 15.1 Å². The van der Waals surface area contributed by atoms with Gasteiger partial charge in [-0.05, 0) is 30.5 Å². The first-order valence-corrected chi connectivity index (χ1v) is 8.41. The molecule has 2 aromatic rings. The molecule has 3 rings (SSSR count). The molecule has 0 bridgehead atoms. The quantitative estimate of drug-likeness (QED) is 0.857. The molecule has 0 unspecified atom stereocenters. The van der Waals surface area contributed by atoms with E-state index in [1.54, 1.807) is 12.1 Å². The third-order valence-electron chi connectivity index (χ3n) is 4.35. The van der Waals surface area contributed by atoms with Crippen molar-refractivity contribution in [1.29, 1.82) is 0 Å². The fourth-order valence-corrected chi connectivity index (χ4v) is 3.07. The first-order valence-electron chi connectivity index (χ1n) is 8.41. The topological polar surface area (TPSA) is 71.3 Å². The molecule has 1 saturated carbocycles. The third kappa shape index (κ3) is 4.25. The minimum atomic E-state index is -0.620. The largest absolute Gasteiger partial charge is 0.459 e. The van der Waals surface area contributed by atoms with Crippen LogP contribution in [-0.2, 0) is 11.2 Å². The summed E-state index contributed by atoms with van der Waals surface area (Å²) in [5, 5.41) is 5.86. The second-order valence-corrected chi connectivity index (χ2v) is 6.18. The van der Waals surface area contributed by atoms with Gasteiger partial charge in [0, 0.05) is 12.5 Å². The second-order valence-electron chi connectivity index (χ2n) is 6.18. The molecule has 5 nitrogen and oxygen atoms in total. The lowest BCUT2D eigenvalue weighted by Crippen LogP contribution is -2.50. The van der Waals surface area contributed by atoms with Gasteiger partial charge in [0.05, 0.1) is 6.26 Å². The van der Waals surface area contributed by atoms with Gasteiger partial charge in [0.15, 0.2) is 5.76 Å². The van der Waals surface area contributed by atoms with Gasteiger partial charge in [-0.25, -0.2) is 0 Å². The minimum Gasteiger partial charge on any atom is -0.459 e. The molecule has 1 atom stereocenters. The number of benzene rings is 1. The van der Waals surface area contributed by atoms with Gasteiger partial charge >= 0.3 is 0 Å². The Morgan fingerprint density at radius 3 is 2.50 bits per heavy atom. The molecule has 1 aromatic carbocycles. The van der Waals surface area contributed by atoms with Crippen molar-refractivity contribution in [2.75, 3.05) is 0 Å². The van der Waals surface area contributed by atoms with Crippen LogP contribution in [0.25, 0.3) is 0 Å². The van der Waals surface area contributed by atoms with Crippen LogP contribution in [0.15, 0.2) is 53.1 Å². The SMILES string of the molecule is O=C(N[C@@H](Cc1ccccc1)C(=O)NC1CCCC1)c1ccco1. The van der Waals surface area contributed by atoms with Crippen LogP contribution in [-0.4, -0.2) is 23.9 Å². The molecule has 1 heterocycles. The smallest absolute Gasteiger partial charge is 0.287 e. The molecule has 0 saturated heterocycles. The summed E-state index contributed by atoms with van der Waals surface area (Å²) in [7, 11) is 0. The van der Waals surface area contributed by atoms with E-state index in [-0.39, 0.29) is 23.6 Å². The summed E-state index contributed by atoms with van der Waals surface area (Å²) < 4.78 is 5.12. The molecule has 2 amide bonds. The fourth-order valence-electron chi connectivity index (χ4n) is 3.07. The molecule has 1 aromatic heterocycles. The number of furan rings is 1. The number of carbonyl (C=O) groups is 2. The molecule has 0 radical (unpaired) electrons. The summed E-state index contributed by atoms with van der Waals surface area (Å²) in [5.74, 6) is -0.296. The summed E-state index contributed by atoms with van der Waals surface area (Å²) in [6.07, 6.45) is 6.21. The van der Waals surface area contributed by atoms with Crippen molar-refractivity contribution in [3.63, 3.8) is 0 Å². The van der Waals surface area contributed by atoms with E-state index >= 15 is 0 Å². The van der Waals surface area contributed by atoms with Gasteiger partial charge in [0.25, 0.3) is 5.91 Å². The molecule has 126 valence electrons. The van der Waals surface area contributed by atoms with Crippen LogP contribution in [0.4, 0.5) is 0 Å². The lowest BCUT2D eigenvalue weighted by Gasteiger charge is -2.21. The van der Waals surface area contributed by atoms with Crippen LogP contribution in [0.2, 0.25) is 0 Å². The van der Waals surface area contributed by atoms with E-state index in [0.29, 0.717) is 6.42 Å². The zero-order valence-corrected chi connectivity index (χ0v) is 13.5. The maximum absolute atomic E-state index is 12.7. The molecule has 0 aliphatic heterocycles. The van der Waals surface area contributed by atoms with Crippen molar-refractivity contribution >= 4 is 11.8 Å². The van der Waals surface area contributed by atoms with Gasteiger partial charge in [-0.1, -0.05) is 43.2 Å². The summed E-state index contributed by atoms with van der Waals surface area (Å²) in [6, 6.07) is 12.5. The molecule has 1 aliphatic rings. The van der Waals surface area contributed by atoms with Crippen LogP contribution in [0.1, 0.15) is 41.8 Å². The Morgan fingerprint density at radius 2 is 1.83 bits per heavy atom. The van der Waals surface area contributed by atoms with Gasteiger partial charge in [-0.3, -0.25) is 9.59 Å². The van der Waals surface area contributed by atoms with E-state index in [2.05, 4.69) is 10.6 Å². The maximum atomic E-state index is 12.7. The molecule has 2 N–H and O–H groups in total. The highest BCUT2D eigenvalue weighted by Gasteiger charge is 2.26. The Labute approximate surface area is 141 Å². The molecule has 1 fully saturated rings. The predicted molar refractivity (Wildman–Crippen MR) is 90.5 cm³/mol. The van der Waals surface area contributed by atoms with Crippen LogP contribution in [0, 0.1) is 0 Å². The average Bonchev–Trinajstić information content (AvgIpc) is 3.29. The number of hydrogen-bond donors (Lipinski definition) is 2. The van der Waals surface area contributed by atoms with Crippen molar-refractivity contribution < 1.29 is 14.0 Å². The van der Waals surface area contributed by atoms with E-state index in [1.807, 2.05) is 30.3 Å². The molecule has 1 aliphatic carbocycles. The summed E-state index contributed by atoms with van der Waals surface area (Å²) >= 11 is 0. The fraction of sp³-hybridized carbons (Fsp3) is 0.368. The van der Waals surface area contributed by atoms with Crippen LogP contribution in [0.3, 0.4) is 0 Å². The highest BCUT2D eigenvalue weighted by atomic mass is 16.3. The van der Waals surface area contributed by atoms with E-state index in [1.165, 1.54) is 6.26 Å². The Balaban J connectivity index is 1.69. The predicted octanol–water partition coefficient (Wildman–Crippen LogP) is 2.68. The second kappa shape index (κ2) is 7.81. The van der Waals surface area contributed by atoms with Crippen molar-refractivity contribution in [3.05, 3.63) is 60.1 Å². The highest BCUT2D eigenvalue weighted by Crippen LogP contribution is 2.18. The average molecular weight is 326 g/mol. The van der Waals surface area contributed by atoms with E-state index < -0.39 is 6.04 Å². The van der Waals surface area contributed by atoms with E-state index in [0.717, 1.165) is 31.2 Å². The standard InChI is InChI=1S/C19H22N2O3/c22-18(20-15-9-4-5-10-15)16(13-14-7-2-1-3-8-14)21-19(23)17-11-6-12-24-17/h1-3,6-8,11-12,15-16H,4-5,9-10,13H2,(H,20,22)(H,21,23)/t16-/m0/s1. The van der Waals surface area contributed by atoms with Crippen molar-refractivity contribution in [3.8, 4) is 0 Å². The molecule has 24 heavy (non-hydrogen) atoms. The number of amides is 2. The minimum absolute atomic E-state index is 0.134. The lowest BCUT2D eigenvalue weighted by molar-refractivity contribution is -0.123. The Morgan fingerprint density at radius 1 is 1.08 bits per heavy atom. The van der Waals surface area contributed by atoms with Gasteiger partial charge in [0.1, 0.15) is 6.04 Å².